The molecule has 0 aliphatic rings. The zero-order valence-corrected chi connectivity index (χ0v) is 74.1. The molecule has 0 N–H and O–H groups in total. The van der Waals surface area contributed by atoms with Crippen molar-refractivity contribution in [2.45, 2.75) is 125 Å². The first kappa shape index (κ1) is 91.4. The van der Waals surface area contributed by atoms with E-state index in [1.807, 2.05) is 137 Å². The van der Waals surface area contributed by atoms with Crippen molar-refractivity contribution in [3.63, 3.8) is 0 Å². The molecule has 108 heavy (non-hydrogen) atoms. The van der Waals surface area contributed by atoms with E-state index >= 15 is 0 Å². The minimum Gasteiger partial charge on any atom is -0.514 e. The Hall–Kier alpha value is -7.20. The number of aromatic nitrogens is 16. The van der Waals surface area contributed by atoms with E-state index in [1.54, 1.807) is 51.1 Å². The van der Waals surface area contributed by atoms with Gasteiger partial charge in [0.2, 0.25) is 0 Å². The van der Waals surface area contributed by atoms with Crippen molar-refractivity contribution in [1.82, 2.24) is 79.2 Å². The fourth-order valence-electron chi connectivity index (χ4n) is 10.6. The predicted molar refractivity (Wildman–Crippen MR) is 384 cm³/mol. The van der Waals surface area contributed by atoms with Gasteiger partial charge in [-0.25, -0.2) is 19.2 Å². The summed E-state index contributed by atoms with van der Waals surface area (Å²) in [4.78, 5) is 50.0. The average molecular weight is 1790 g/mol. The number of alkyl halides is 3. The summed E-state index contributed by atoms with van der Waals surface area (Å²) < 4.78 is 79.6. The molecule has 0 amide bonds. The first-order valence-electron chi connectivity index (χ1n) is 33.4. The van der Waals surface area contributed by atoms with Gasteiger partial charge in [0.15, 0.2) is 0 Å². The fraction of sp³-hybridized carbons (Fsp3) is 0.307. The van der Waals surface area contributed by atoms with Crippen molar-refractivity contribution in [3.05, 3.63) is 267 Å². The van der Waals surface area contributed by atoms with Crippen LogP contribution in [0.2, 0.25) is 0 Å². The van der Waals surface area contributed by atoms with Crippen LogP contribution in [0.15, 0.2) is 170 Å². The standard InChI is InChI=1S/C20H23N4O3.C19H21N4O2S.C18H16F3N4O2.C18H19N4O2.4Y/c1-5-15-9-6-7-11-18(15)26-13-16-17(24-20(25)23(4)21-22-24)10-8-12-19(16)27-14(2)3;1-4-14-9-6-7-11-17(14)25-13-15-16(10-8-12-18(15)26-5-2)23-19(24)22(3)20-21-23;1-3-12-7-4-5-10-16(12)27-11-13-14(18(19,20)21)8-6-9-15(13)25-17(26)24(2)22-23-25;1-4-14-9-5-6-11-17(14)24-12-15-13(2)8-7-10-16(15)22-18(23)21(3)19-20-22;;;;/h7-12,14H,5,13H2,1-4H3;7-12H,4-5,13H2,1-3H3;5-10H,3,11H2,1-2H3;6-11H,4,12H2,1-3H3;;;;/q4*-1;;;;. The molecule has 8 aromatic carbocycles. The molecular formula is C75H79F3N16O9SY4-4. The summed E-state index contributed by atoms with van der Waals surface area (Å²) in [6, 6.07) is 54.7. The number of aryl methyl sites for hydroxylation is 9. The molecule has 4 heterocycles. The van der Waals surface area contributed by atoms with Crippen molar-refractivity contribution in [1.29, 1.82) is 0 Å². The predicted octanol–water partition coefficient (Wildman–Crippen LogP) is 10.8. The van der Waals surface area contributed by atoms with Gasteiger partial charge in [-0.3, -0.25) is 0 Å². The number of hydrogen-bond donors (Lipinski definition) is 0. The fourth-order valence-corrected chi connectivity index (χ4v) is 11.5. The normalized spacial score (nSPS) is 10.7. The minimum absolute atomic E-state index is 0. The Labute approximate surface area is 728 Å². The van der Waals surface area contributed by atoms with Crippen molar-refractivity contribution < 1.29 is 168 Å². The Kier molecular flexibility index (Phi) is 37.2. The third-order valence-electron chi connectivity index (χ3n) is 16.2. The SMILES string of the molecule is CCSc1cccc(-n2nnn(C)c2=O)c1COc1cc[c-]cc1CC.CCc1c[c-]ccc1OCc1c(-n2nnn(C)c2=O)cccc1C(F)(F)F.CCc1c[c-]ccc1OCc1c(C)cccc1-n1nnn(C)c1=O.CCc1c[c-]ccc1OCc1c(OC(C)C)cccc1-n1nnn(C)c1=O.[Y].[Y].[Y].[Y]. The Morgan fingerprint density at radius 2 is 0.722 bits per heavy atom. The molecule has 0 aliphatic heterocycles. The first-order chi connectivity index (χ1) is 50.1. The summed E-state index contributed by atoms with van der Waals surface area (Å²) in [7, 11) is 6.08. The van der Waals surface area contributed by atoms with Crippen LogP contribution in [0.4, 0.5) is 13.2 Å². The Morgan fingerprint density at radius 3 is 1.06 bits per heavy atom. The second-order valence-corrected chi connectivity index (χ2v) is 24.7. The molecule has 0 aliphatic carbocycles. The van der Waals surface area contributed by atoms with Gasteiger partial charge in [0, 0.05) is 204 Å². The number of benzene rings is 8. The number of tetrazole rings is 4. The Balaban J connectivity index is 0.000000255. The molecule has 0 unspecified atom stereocenters. The summed E-state index contributed by atoms with van der Waals surface area (Å²) in [5, 5.41) is 30.5. The molecule has 4 radical (unpaired) electrons. The van der Waals surface area contributed by atoms with Gasteiger partial charge in [-0.15, -0.1) is 58.3 Å². The monoisotopic (exact) mass is 1790 g/mol. The zero-order chi connectivity index (χ0) is 74.6. The van der Waals surface area contributed by atoms with Crippen LogP contribution in [-0.4, -0.2) is 91.0 Å². The topological polar surface area (TPSA) is 257 Å². The molecular weight excluding hydrogens is 1710 g/mol. The molecule has 12 aromatic rings. The number of ether oxygens (including phenoxy) is 5. The van der Waals surface area contributed by atoms with E-state index in [1.165, 1.54) is 47.3 Å². The molecule has 12 rings (SSSR count). The molecule has 0 fully saturated rings. The molecule has 33 heteroatoms. The van der Waals surface area contributed by atoms with Gasteiger partial charge < -0.3 is 23.7 Å². The van der Waals surface area contributed by atoms with E-state index in [2.05, 4.69) is 93.7 Å². The van der Waals surface area contributed by atoms with Crippen molar-refractivity contribution in [2.24, 2.45) is 28.2 Å². The average Bonchev–Trinajstić information content (AvgIpc) is 1.69. The maximum absolute atomic E-state index is 13.5. The van der Waals surface area contributed by atoms with Gasteiger partial charge in [0.05, 0.1) is 40.0 Å². The van der Waals surface area contributed by atoms with E-state index in [0.717, 1.165) is 107 Å². The maximum atomic E-state index is 13.5. The van der Waals surface area contributed by atoms with Crippen LogP contribution >= 0.6 is 11.8 Å². The number of thioether (sulfide) groups is 1. The van der Waals surface area contributed by atoms with Crippen molar-refractivity contribution in [3.8, 4) is 51.5 Å². The summed E-state index contributed by atoms with van der Waals surface area (Å²) in [5.74, 6) is 4.49. The molecule has 4 aromatic heterocycles. The Bertz CT molecular complexity index is 5130. The molecule has 0 saturated carbocycles. The zero-order valence-electron chi connectivity index (χ0n) is 62.0. The van der Waals surface area contributed by atoms with Crippen LogP contribution in [0.5, 0.6) is 28.7 Å². The largest absolute Gasteiger partial charge is 0.514 e. The quantitative estimate of drug-likeness (QED) is 0.0402. The van der Waals surface area contributed by atoms with Gasteiger partial charge in [-0.1, -0.05) is 90.6 Å². The molecule has 0 spiro atoms. The van der Waals surface area contributed by atoms with Crippen LogP contribution < -0.4 is 46.4 Å². The van der Waals surface area contributed by atoms with Crippen LogP contribution in [0.3, 0.4) is 0 Å². The summed E-state index contributed by atoms with van der Waals surface area (Å²) in [5.41, 5.74) is 7.01. The van der Waals surface area contributed by atoms with E-state index < -0.39 is 17.4 Å². The van der Waals surface area contributed by atoms with E-state index in [0.29, 0.717) is 48.2 Å². The second kappa shape index (κ2) is 44.0. The third-order valence-corrected chi connectivity index (χ3v) is 17.1. The van der Waals surface area contributed by atoms with Crippen molar-refractivity contribution >= 4 is 11.8 Å². The van der Waals surface area contributed by atoms with Gasteiger partial charge in [0.1, 0.15) is 32.2 Å². The molecule has 0 bridgehead atoms. The third kappa shape index (κ3) is 23.2. The number of halogens is 3. The van der Waals surface area contributed by atoms with E-state index in [9.17, 15) is 32.3 Å². The molecule has 556 valence electrons. The number of rotatable bonds is 24. The van der Waals surface area contributed by atoms with Crippen LogP contribution in [0.1, 0.15) is 104 Å². The van der Waals surface area contributed by atoms with Gasteiger partial charge >= 0.3 is 28.9 Å². The van der Waals surface area contributed by atoms with E-state index in [4.69, 9.17) is 23.7 Å². The second-order valence-electron chi connectivity index (χ2n) is 23.4. The molecule has 0 atom stereocenters. The number of nitrogens with zero attached hydrogens (tertiary/aromatic N) is 16. The summed E-state index contributed by atoms with van der Waals surface area (Å²) in [6.07, 6.45) is -1.41. The summed E-state index contributed by atoms with van der Waals surface area (Å²) >= 11 is 1.71. The minimum atomic E-state index is -4.61. The van der Waals surface area contributed by atoms with Crippen LogP contribution in [0.25, 0.3) is 22.7 Å². The van der Waals surface area contributed by atoms with Gasteiger partial charge in [-0.2, -0.15) is 123 Å². The first-order valence-corrected chi connectivity index (χ1v) is 34.3. The number of hydrogen-bond acceptors (Lipinski definition) is 18. The van der Waals surface area contributed by atoms with Gasteiger partial charge in [0.25, 0.3) is 0 Å². The summed E-state index contributed by atoms with van der Waals surface area (Å²) in [6.45, 7) is 16.7. The molecule has 25 nitrogen and oxygen atoms in total. The molecule has 0 saturated heterocycles. The maximum Gasteiger partial charge on any atom is 0.416 e. The van der Waals surface area contributed by atoms with Gasteiger partial charge in [-0.05, 0) is 116 Å². The smallest absolute Gasteiger partial charge is 0.416 e. The van der Waals surface area contributed by atoms with Crippen LogP contribution in [-0.2, 0) is 217 Å². The van der Waals surface area contributed by atoms with Crippen LogP contribution in [0, 0.1) is 31.2 Å². The van der Waals surface area contributed by atoms with E-state index in [-0.39, 0.29) is 178 Å². The Morgan fingerprint density at radius 1 is 0.407 bits per heavy atom. The van der Waals surface area contributed by atoms with Crippen molar-refractivity contribution in [2.75, 3.05) is 5.75 Å².